The van der Waals surface area contributed by atoms with Crippen molar-refractivity contribution in [3.05, 3.63) is 29.3 Å². The Kier molecular flexibility index (Phi) is 3.82. The van der Waals surface area contributed by atoms with Gasteiger partial charge in [-0.2, -0.15) is 0 Å². The molecule has 0 saturated carbocycles. The number of likely N-dealkylation sites (tertiary alicyclic amines) is 1. The van der Waals surface area contributed by atoms with Crippen LogP contribution >= 0.6 is 0 Å². The molecule has 0 aliphatic carbocycles. The van der Waals surface area contributed by atoms with Crippen LogP contribution in [-0.2, 0) is 0 Å². The molecule has 3 amide bonds. The summed E-state index contributed by atoms with van der Waals surface area (Å²) in [4.78, 5) is 28.1. The average molecular weight is 287 g/mol. The summed E-state index contributed by atoms with van der Waals surface area (Å²) in [6, 6.07) is 5.56. The topological polar surface area (TPSA) is 52.7 Å². The fraction of sp³-hybridized carbons (Fsp3) is 0.500. The summed E-state index contributed by atoms with van der Waals surface area (Å²) in [5, 5.41) is 2.80. The molecule has 0 bridgehead atoms. The molecule has 2 fully saturated rings. The highest BCUT2D eigenvalue weighted by molar-refractivity contribution is 6.00. The van der Waals surface area contributed by atoms with E-state index in [1.54, 1.807) is 4.90 Å². The molecule has 2 aliphatic heterocycles. The van der Waals surface area contributed by atoms with Crippen LogP contribution in [0, 0.1) is 6.92 Å². The molecule has 112 valence electrons. The average Bonchev–Trinajstić information content (AvgIpc) is 2.94. The first-order chi connectivity index (χ1) is 10.2. The molecular weight excluding hydrogens is 266 g/mol. The van der Waals surface area contributed by atoms with E-state index < -0.39 is 0 Å². The van der Waals surface area contributed by atoms with E-state index >= 15 is 0 Å². The summed E-state index contributed by atoms with van der Waals surface area (Å²) in [5.41, 5.74) is 2.45. The Morgan fingerprint density at radius 2 is 1.90 bits per heavy atom. The number of rotatable bonds is 2. The number of hydrogen-bond acceptors (Lipinski definition) is 2. The van der Waals surface area contributed by atoms with Gasteiger partial charge in [-0.25, -0.2) is 4.79 Å². The van der Waals surface area contributed by atoms with Gasteiger partial charge in [-0.15, -0.1) is 0 Å². The van der Waals surface area contributed by atoms with E-state index in [9.17, 15) is 9.59 Å². The van der Waals surface area contributed by atoms with Gasteiger partial charge in [-0.05, 0) is 43.9 Å². The van der Waals surface area contributed by atoms with Crippen LogP contribution in [0.1, 0.15) is 35.2 Å². The Labute approximate surface area is 124 Å². The molecule has 0 aromatic heterocycles. The van der Waals surface area contributed by atoms with E-state index in [2.05, 4.69) is 5.32 Å². The zero-order chi connectivity index (χ0) is 14.8. The maximum absolute atomic E-state index is 12.7. The van der Waals surface area contributed by atoms with Crippen LogP contribution in [0.3, 0.4) is 0 Å². The van der Waals surface area contributed by atoms with Crippen molar-refractivity contribution in [3.63, 3.8) is 0 Å². The summed E-state index contributed by atoms with van der Waals surface area (Å²) >= 11 is 0. The first kappa shape index (κ1) is 13.9. The molecule has 0 atom stereocenters. The highest BCUT2D eigenvalue weighted by Gasteiger charge is 2.26. The number of urea groups is 1. The molecule has 21 heavy (non-hydrogen) atoms. The quantitative estimate of drug-likeness (QED) is 0.906. The second-order valence-corrected chi connectivity index (χ2v) is 5.69. The third kappa shape index (κ3) is 2.60. The Balaban J connectivity index is 1.89. The summed E-state index contributed by atoms with van der Waals surface area (Å²) in [7, 11) is 0. The number of amides is 3. The van der Waals surface area contributed by atoms with Gasteiger partial charge in [0, 0.05) is 37.4 Å². The largest absolute Gasteiger partial charge is 0.339 e. The van der Waals surface area contributed by atoms with E-state index in [-0.39, 0.29) is 11.9 Å². The van der Waals surface area contributed by atoms with E-state index in [0.29, 0.717) is 18.7 Å². The predicted molar refractivity (Wildman–Crippen MR) is 81.7 cm³/mol. The molecule has 1 aromatic carbocycles. The van der Waals surface area contributed by atoms with Crippen molar-refractivity contribution in [1.29, 1.82) is 0 Å². The molecule has 2 aliphatic rings. The van der Waals surface area contributed by atoms with Gasteiger partial charge in [-0.1, -0.05) is 6.07 Å². The summed E-state index contributed by atoms with van der Waals surface area (Å²) in [6.07, 6.45) is 3.37. The number of carbonyl (C=O) groups is 2. The van der Waals surface area contributed by atoms with E-state index in [1.807, 2.05) is 30.0 Å². The summed E-state index contributed by atoms with van der Waals surface area (Å²) in [6.45, 7) is 4.92. The molecule has 5 nitrogen and oxygen atoms in total. The Morgan fingerprint density at radius 1 is 1.14 bits per heavy atom. The third-order valence-corrected chi connectivity index (χ3v) is 4.33. The number of carbonyl (C=O) groups excluding carboxylic acids is 2. The molecule has 0 spiro atoms. The maximum atomic E-state index is 12.7. The number of nitrogens with zero attached hydrogens (tertiary/aromatic N) is 2. The Hall–Kier alpha value is -2.04. The lowest BCUT2D eigenvalue weighted by Crippen LogP contribution is -2.36. The van der Waals surface area contributed by atoms with Crippen molar-refractivity contribution in [3.8, 4) is 0 Å². The van der Waals surface area contributed by atoms with Gasteiger partial charge in [0.15, 0.2) is 0 Å². The van der Waals surface area contributed by atoms with Crippen molar-refractivity contribution in [1.82, 2.24) is 10.2 Å². The monoisotopic (exact) mass is 287 g/mol. The van der Waals surface area contributed by atoms with Crippen molar-refractivity contribution in [2.45, 2.75) is 26.2 Å². The van der Waals surface area contributed by atoms with Crippen LogP contribution in [-0.4, -0.2) is 43.0 Å². The summed E-state index contributed by atoms with van der Waals surface area (Å²) in [5.74, 6) is 0.0913. The first-order valence-corrected chi connectivity index (χ1v) is 7.63. The van der Waals surface area contributed by atoms with Gasteiger partial charge in [0.25, 0.3) is 5.91 Å². The molecule has 0 unspecified atom stereocenters. The standard InChI is InChI=1S/C16H21N3O2/c1-12-13(15(20)18-9-3-2-4-10-18)6-5-7-14(12)19-11-8-17-16(19)21/h5-7H,2-4,8-11H2,1H3,(H,17,21). The maximum Gasteiger partial charge on any atom is 0.322 e. The molecule has 3 rings (SSSR count). The zero-order valence-corrected chi connectivity index (χ0v) is 12.4. The molecule has 5 heteroatoms. The predicted octanol–water partition coefficient (Wildman–Crippen LogP) is 2.15. The normalized spacial score (nSPS) is 18.8. The highest BCUT2D eigenvalue weighted by atomic mass is 16.2. The third-order valence-electron chi connectivity index (χ3n) is 4.33. The second-order valence-electron chi connectivity index (χ2n) is 5.69. The fourth-order valence-corrected chi connectivity index (χ4v) is 3.12. The molecule has 2 saturated heterocycles. The van der Waals surface area contributed by atoms with Crippen LogP contribution < -0.4 is 10.2 Å². The van der Waals surface area contributed by atoms with Crippen LogP contribution in [0.25, 0.3) is 0 Å². The van der Waals surface area contributed by atoms with Crippen molar-refractivity contribution in [2.24, 2.45) is 0 Å². The second kappa shape index (κ2) is 5.76. The van der Waals surface area contributed by atoms with Gasteiger partial charge < -0.3 is 10.2 Å². The Morgan fingerprint density at radius 3 is 2.57 bits per heavy atom. The fourth-order valence-electron chi connectivity index (χ4n) is 3.12. The number of nitrogens with one attached hydrogen (secondary N) is 1. The lowest BCUT2D eigenvalue weighted by atomic mass is 10.0. The lowest BCUT2D eigenvalue weighted by Gasteiger charge is -2.28. The van der Waals surface area contributed by atoms with Crippen LogP contribution in [0.2, 0.25) is 0 Å². The van der Waals surface area contributed by atoms with E-state index in [0.717, 1.165) is 37.2 Å². The minimum Gasteiger partial charge on any atom is -0.339 e. The first-order valence-electron chi connectivity index (χ1n) is 7.63. The zero-order valence-electron chi connectivity index (χ0n) is 12.4. The number of piperidine rings is 1. The lowest BCUT2D eigenvalue weighted by molar-refractivity contribution is 0.0723. The molecule has 1 N–H and O–H groups in total. The van der Waals surface area contributed by atoms with Crippen molar-refractivity contribution >= 4 is 17.6 Å². The minimum atomic E-state index is -0.0827. The molecule has 2 heterocycles. The molecule has 0 radical (unpaired) electrons. The van der Waals surface area contributed by atoms with Crippen molar-refractivity contribution in [2.75, 3.05) is 31.1 Å². The number of benzene rings is 1. The Bertz CT molecular complexity index is 565. The highest BCUT2D eigenvalue weighted by Crippen LogP contribution is 2.26. The number of hydrogen-bond donors (Lipinski definition) is 1. The minimum absolute atomic E-state index is 0.0827. The van der Waals surface area contributed by atoms with Crippen LogP contribution in [0.5, 0.6) is 0 Å². The summed E-state index contributed by atoms with van der Waals surface area (Å²) < 4.78 is 0. The van der Waals surface area contributed by atoms with Crippen molar-refractivity contribution < 1.29 is 9.59 Å². The van der Waals surface area contributed by atoms with E-state index in [4.69, 9.17) is 0 Å². The van der Waals surface area contributed by atoms with Crippen LogP contribution in [0.4, 0.5) is 10.5 Å². The van der Waals surface area contributed by atoms with E-state index in [1.165, 1.54) is 6.42 Å². The number of anilines is 1. The smallest absolute Gasteiger partial charge is 0.322 e. The molecular formula is C16H21N3O2. The SMILES string of the molecule is Cc1c(C(=O)N2CCCCC2)cccc1N1CCNC1=O. The van der Waals surface area contributed by atoms with Gasteiger partial charge in [0.05, 0.1) is 0 Å². The van der Waals surface area contributed by atoms with Gasteiger partial charge >= 0.3 is 6.03 Å². The van der Waals surface area contributed by atoms with Gasteiger partial charge in [-0.3, -0.25) is 9.69 Å². The molecule has 1 aromatic rings. The van der Waals surface area contributed by atoms with Gasteiger partial charge in [0.1, 0.15) is 0 Å². The van der Waals surface area contributed by atoms with Gasteiger partial charge in [0.2, 0.25) is 0 Å². The van der Waals surface area contributed by atoms with Crippen LogP contribution in [0.15, 0.2) is 18.2 Å².